The minimum absolute atomic E-state index is 0.0564. The summed E-state index contributed by atoms with van der Waals surface area (Å²) in [6.45, 7) is 6.98. The summed E-state index contributed by atoms with van der Waals surface area (Å²) in [5.74, 6) is 0.115. The smallest absolute Gasteiger partial charge is 0.238 e. The Kier molecular flexibility index (Phi) is 5.24. The Morgan fingerprint density at radius 2 is 1.73 bits per heavy atom. The van der Waals surface area contributed by atoms with Crippen molar-refractivity contribution in [2.45, 2.75) is 32.4 Å². The fourth-order valence-electron chi connectivity index (χ4n) is 1.04. The minimum Gasteiger partial charge on any atom is -0.347 e. The zero-order chi connectivity index (χ0) is 12.2. The van der Waals surface area contributed by atoms with Crippen LogP contribution in [0.3, 0.4) is 0 Å². The highest BCUT2D eigenvalue weighted by molar-refractivity contribution is 5.80. The van der Waals surface area contributed by atoms with Crippen LogP contribution in [0.1, 0.15) is 20.8 Å². The molecule has 0 rings (SSSR count). The van der Waals surface area contributed by atoms with Crippen molar-refractivity contribution >= 4 is 5.91 Å². The third-order valence-corrected chi connectivity index (χ3v) is 2.86. The van der Waals surface area contributed by atoms with Gasteiger partial charge in [0.1, 0.15) is 0 Å². The maximum absolute atomic E-state index is 11.6. The lowest BCUT2D eigenvalue weighted by Crippen LogP contribution is -2.51. The molecule has 0 aliphatic rings. The van der Waals surface area contributed by atoms with Gasteiger partial charge in [0.05, 0.1) is 6.04 Å². The highest BCUT2D eigenvalue weighted by Gasteiger charge is 2.23. The van der Waals surface area contributed by atoms with Gasteiger partial charge in [-0.05, 0) is 34.9 Å². The summed E-state index contributed by atoms with van der Waals surface area (Å²) in [5.41, 5.74) is 0.0564. The van der Waals surface area contributed by atoms with Gasteiger partial charge in [-0.1, -0.05) is 0 Å². The molecule has 0 spiro atoms. The summed E-state index contributed by atoms with van der Waals surface area (Å²) in [6.07, 6.45) is 0. The van der Waals surface area contributed by atoms with Crippen molar-refractivity contribution in [2.75, 3.05) is 34.7 Å². The Balaban J connectivity index is 4.11. The second kappa shape index (κ2) is 5.47. The number of hydrogen-bond donors (Lipinski definition) is 1. The van der Waals surface area contributed by atoms with E-state index in [1.807, 2.05) is 21.0 Å². The second-order valence-corrected chi connectivity index (χ2v) is 5.04. The van der Waals surface area contributed by atoms with Crippen LogP contribution in [0.15, 0.2) is 0 Å². The molecule has 0 fully saturated rings. The number of hydrogen-bond acceptors (Lipinski definition) is 3. The van der Waals surface area contributed by atoms with E-state index < -0.39 is 0 Å². The third-order valence-electron chi connectivity index (χ3n) is 2.86. The number of nitrogens with one attached hydrogen (secondary N) is 1. The topological polar surface area (TPSA) is 35.6 Å². The highest BCUT2D eigenvalue weighted by Crippen LogP contribution is 2.08. The van der Waals surface area contributed by atoms with Crippen molar-refractivity contribution in [3.05, 3.63) is 0 Å². The Labute approximate surface area is 93.6 Å². The van der Waals surface area contributed by atoms with Crippen LogP contribution in [-0.2, 0) is 4.79 Å². The lowest BCUT2D eigenvalue weighted by Gasteiger charge is -2.34. The Morgan fingerprint density at radius 1 is 1.27 bits per heavy atom. The molecule has 4 nitrogen and oxygen atoms in total. The molecule has 0 heterocycles. The zero-order valence-electron chi connectivity index (χ0n) is 11.1. The van der Waals surface area contributed by atoms with Gasteiger partial charge in [0.2, 0.25) is 5.91 Å². The largest absolute Gasteiger partial charge is 0.347 e. The normalized spacial score (nSPS) is 14.1. The van der Waals surface area contributed by atoms with Crippen molar-refractivity contribution in [1.29, 1.82) is 0 Å². The molecule has 1 unspecified atom stereocenters. The number of nitrogens with zero attached hydrogens (tertiary/aromatic N) is 2. The highest BCUT2D eigenvalue weighted by atomic mass is 16.2. The van der Waals surface area contributed by atoms with E-state index in [4.69, 9.17) is 0 Å². The molecule has 90 valence electrons. The molecule has 1 amide bonds. The fourth-order valence-corrected chi connectivity index (χ4v) is 1.04. The van der Waals surface area contributed by atoms with Crippen molar-refractivity contribution in [3.63, 3.8) is 0 Å². The molecule has 0 bridgehead atoms. The SMILES string of the molecule is CC(NCC(C)(C)N(C)C)C(=O)N(C)C. The van der Waals surface area contributed by atoms with E-state index >= 15 is 0 Å². The molecule has 4 heteroatoms. The molecular formula is C11H25N3O. The van der Waals surface area contributed by atoms with Crippen LogP contribution in [-0.4, -0.2) is 62.0 Å². The first-order valence-electron chi connectivity index (χ1n) is 5.30. The van der Waals surface area contributed by atoms with Gasteiger partial charge in [0, 0.05) is 26.2 Å². The summed E-state index contributed by atoms with van der Waals surface area (Å²) >= 11 is 0. The van der Waals surface area contributed by atoms with Crippen LogP contribution in [0.5, 0.6) is 0 Å². The lowest BCUT2D eigenvalue weighted by molar-refractivity contribution is -0.130. The van der Waals surface area contributed by atoms with Gasteiger partial charge in [-0.15, -0.1) is 0 Å². The fraction of sp³-hybridized carbons (Fsp3) is 0.909. The van der Waals surface area contributed by atoms with Crippen LogP contribution < -0.4 is 5.32 Å². The molecule has 15 heavy (non-hydrogen) atoms. The Hall–Kier alpha value is -0.610. The predicted molar refractivity (Wildman–Crippen MR) is 63.9 cm³/mol. The van der Waals surface area contributed by atoms with Crippen molar-refractivity contribution in [2.24, 2.45) is 0 Å². The average Bonchev–Trinajstić information content (AvgIpc) is 2.12. The summed E-state index contributed by atoms with van der Waals surface area (Å²) in [4.78, 5) is 15.3. The van der Waals surface area contributed by atoms with Crippen LogP contribution in [0.25, 0.3) is 0 Å². The van der Waals surface area contributed by atoms with Crippen molar-refractivity contribution in [3.8, 4) is 0 Å². The van der Waals surface area contributed by atoms with Gasteiger partial charge >= 0.3 is 0 Å². The number of carbonyl (C=O) groups is 1. The van der Waals surface area contributed by atoms with Crippen LogP contribution in [0, 0.1) is 0 Å². The van der Waals surface area contributed by atoms with E-state index in [2.05, 4.69) is 24.1 Å². The van der Waals surface area contributed by atoms with E-state index in [0.717, 1.165) is 6.54 Å². The predicted octanol–water partition coefficient (Wildman–Crippen LogP) is 0.393. The number of rotatable bonds is 5. The monoisotopic (exact) mass is 215 g/mol. The molecule has 0 saturated carbocycles. The maximum atomic E-state index is 11.6. The summed E-state index contributed by atoms with van der Waals surface area (Å²) < 4.78 is 0. The van der Waals surface area contributed by atoms with Crippen LogP contribution >= 0.6 is 0 Å². The standard InChI is InChI=1S/C11H25N3O/c1-9(10(15)13(4)5)12-8-11(2,3)14(6)7/h9,12H,8H2,1-7H3. The molecule has 0 aromatic carbocycles. The maximum Gasteiger partial charge on any atom is 0.238 e. The van der Waals surface area contributed by atoms with E-state index in [1.165, 1.54) is 0 Å². The van der Waals surface area contributed by atoms with Gasteiger partial charge in [0.25, 0.3) is 0 Å². The van der Waals surface area contributed by atoms with Crippen molar-refractivity contribution in [1.82, 2.24) is 15.1 Å². The van der Waals surface area contributed by atoms with E-state index in [1.54, 1.807) is 19.0 Å². The second-order valence-electron chi connectivity index (χ2n) is 5.04. The number of carbonyl (C=O) groups excluding carboxylic acids is 1. The van der Waals surface area contributed by atoms with Gasteiger partial charge in [-0.3, -0.25) is 4.79 Å². The first-order chi connectivity index (χ1) is 6.68. The van der Waals surface area contributed by atoms with Gasteiger partial charge in [-0.25, -0.2) is 0 Å². The van der Waals surface area contributed by atoms with Gasteiger partial charge in [-0.2, -0.15) is 0 Å². The molecule has 0 radical (unpaired) electrons. The Bertz CT molecular complexity index is 212. The first kappa shape index (κ1) is 14.4. The van der Waals surface area contributed by atoms with Gasteiger partial charge < -0.3 is 15.1 Å². The van der Waals surface area contributed by atoms with E-state index in [0.29, 0.717) is 0 Å². The molecular weight excluding hydrogens is 190 g/mol. The van der Waals surface area contributed by atoms with Crippen LogP contribution in [0.4, 0.5) is 0 Å². The quantitative estimate of drug-likeness (QED) is 0.721. The summed E-state index contributed by atoms with van der Waals surface area (Å²) in [6, 6.07) is -0.126. The number of amides is 1. The third kappa shape index (κ3) is 4.62. The van der Waals surface area contributed by atoms with E-state index in [9.17, 15) is 4.79 Å². The van der Waals surface area contributed by atoms with Crippen LogP contribution in [0.2, 0.25) is 0 Å². The lowest BCUT2D eigenvalue weighted by atomic mass is 10.0. The molecule has 0 aromatic rings. The van der Waals surface area contributed by atoms with Crippen molar-refractivity contribution < 1.29 is 4.79 Å². The summed E-state index contributed by atoms with van der Waals surface area (Å²) in [7, 11) is 7.63. The molecule has 0 aliphatic carbocycles. The minimum atomic E-state index is -0.126. The molecule has 1 atom stereocenters. The zero-order valence-corrected chi connectivity index (χ0v) is 11.1. The van der Waals surface area contributed by atoms with E-state index in [-0.39, 0.29) is 17.5 Å². The molecule has 0 aliphatic heterocycles. The first-order valence-corrected chi connectivity index (χ1v) is 5.30. The molecule has 0 aromatic heterocycles. The molecule has 1 N–H and O–H groups in total. The van der Waals surface area contributed by atoms with Gasteiger partial charge in [0.15, 0.2) is 0 Å². The summed E-state index contributed by atoms with van der Waals surface area (Å²) in [5, 5.41) is 3.25. The average molecular weight is 215 g/mol. The Morgan fingerprint density at radius 3 is 2.07 bits per heavy atom. The molecule has 0 saturated heterocycles. The number of likely N-dealkylation sites (N-methyl/N-ethyl adjacent to an activating group) is 2.